The van der Waals surface area contributed by atoms with Crippen molar-refractivity contribution in [2.24, 2.45) is 5.73 Å². The van der Waals surface area contributed by atoms with E-state index in [0.717, 1.165) is 18.4 Å². The van der Waals surface area contributed by atoms with Crippen molar-refractivity contribution in [3.8, 4) is 11.5 Å². The lowest BCUT2D eigenvalue weighted by Crippen LogP contribution is -2.31. The topological polar surface area (TPSA) is 64.7 Å². The molecule has 0 spiro atoms. The van der Waals surface area contributed by atoms with Gasteiger partial charge in [-0.25, -0.2) is 0 Å². The molecule has 3 N–H and O–H groups in total. The monoisotopic (exact) mass is 267 g/mol. The van der Waals surface area contributed by atoms with Gasteiger partial charge in [0, 0.05) is 6.54 Å². The van der Waals surface area contributed by atoms with Gasteiger partial charge in [0.1, 0.15) is 0 Å². The summed E-state index contributed by atoms with van der Waals surface area (Å²) in [4.78, 5) is 0. The molecular weight excluding hydrogens is 242 g/mol. The van der Waals surface area contributed by atoms with Crippen LogP contribution in [0.4, 0.5) is 0 Å². The van der Waals surface area contributed by atoms with Crippen LogP contribution in [0.15, 0.2) is 18.2 Å². The highest BCUT2D eigenvalue weighted by Crippen LogP contribution is 2.32. The largest absolute Gasteiger partial charge is 0.490 e. The van der Waals surface area contributed by atoms with Crippen LogP contribution in [-0.4, -0.2) is 24.9 Å². The Kier molecular flexibility index (Phi) is 6.12. The first-order valence-corrected chi connectivity index (χ1v) is 6.87. The van der Waals surface area contributed by atoms with Crippen LogP contribution in [0.2, 0.25) is 0 Å². The van der Waals surface area contributed by atoms with Gasteiger partial charge >= 0.3 is 0 Å². The van der Waals surface area contributed by atoms with Crippen molar-refractivity contribution in [2.45, 2.75) is 39.2 Å². The molecule has 1 rings (SSSR count). The molecule has 0 amide bonds. The predicted octanol–water partition coefficient (Wildman–Crippen LogP) is 2.43. The smallest absolute Gasteiger partial charge is 0.161 e. The normalized spacial score (nSPS) is 13.9. The Bertz CT molecular complexity index is 391. The Morgan fingerprint density at radius 1 is 1.11 bits per heavy atom. The molecule has 1 aromatic carbocycles. The molecule has 4 heteroatoms. The maximum atomic E-state index is 10.2. The minimum atomic E-state index is -1.05. The molecule has 0 aliphatic heterocycles. The third-order valence-corrected chi connectivity index (χ3v) is 2.89. The number of benzene rings is 1. The first kappa shape index (κ1) is 15.8. The molecule has 1 atom stereocenters. The quantitative estimate of drug-likeness (QED) is 0.759. The molecule has 0 radical (unpaired) electrons. The summed E-state index contributed by atoms with van der Waals surface area (Å²) in [6.07, 6.45) is 1.86. The maximum Gasteiger partial charge on any atom is 0.161 e. The molecule has 0 aliphatic rings. The molecule has 0 heterocycles. The molecule has 1 aromatic rings. The third-order valence-electron chi connectivity index (χ3n) is 2.89. The Morgan fingerprint density at radius 2 is 1.68 bits per heavy atom. The van der Waals surface area contributed by atoms with Gasteiger partial charge in [0.05, 0.1) is 18.8 Å². The molecule has 19 heavy (non-hydrogen) atoms. The maximum absolute atomic E-state index is 10.2. The van der Waals surface area contributed by atoms with Gasteiger partial charge in [0.25, 0.3) is 0 Å². The summed E-state index contributed by atoms with van der Waals surface area (Å²) in [6.45, 7) is 7.23. The van der Waals surface area contributed by atoms with Gasteiger partial charge < -0.3 is 20.3 Å². The zero-order valence-corrected chi connectivity index (χ0v) is 12.1. The summed E-state index contributed by atoms with van der Waals surface area (Å²) in [5.41, 5.74) is 5.28. The molecule has 0 aliphatic carbocycles. The van der Waals surface area contributed by atoms with Gasteiger partial charge in [0.15, 0.2) is 11.5 Å². The molecule has 1 unspecified atom stereocenters. The summed E-state index contributed by atoms with van der Waals surface area (Å²) in [7, 11) is 0. The van der Waals surface area contributed by atoms with Gasteiger partial charge in [0.2, 0.25) is 0 Å². The van der Waals surface area contributed by atoms with E-state index in [-0.39, 0.29) is 6.54 Å². The SMILES string of the molecule is CCCOc1ccc(C(C)(O)CN)cc1OCCC. The molecule has 0 saturated carbocycles. The van der Waals surface area contributed by atoms with E-state index in [2.05, 4.69) is 6.92 Å². The van der Waals surface area contributed by atoms with Crippen LogP contribution in [0.5, 0.6) is 11.5 Å². The lowest BCUT2D eigenvalue weighted by molar-refractivity contribution is 0.0664. The fourth-order valence-electron chi connectivity index (χ4n) is 1.62. The number of hydrogen-bond acceptors (Lipinski definition) is 4. The second-order valence-electron chi connectivity index (χ2n) is 4.84. The fourth-order valence-corrected chi connectivity index (χ4v) is 1.62. The summed E-state index contributed by atoms with van der Waals surface area (Å²) in [5.74, 6) is 1.38. The van der Waals surface area contributed by atoms with Gasteiger partial charge in [-0.3, -0.25) is 0 Å². The van der Waals surface area contributed by atoms with E-state index in [9.17, 15) is 5.11 Å². The van der Waals surface area contributed by atoms with Crippen LogP contribution in [0, 0.1) is 0 Å². The lowest BCUT2D eigenvalue weighted by Gasteiger charge is -2.23. The van der Waals surface area contributed by atoms with E-state index in [1.54, 1.807) is 6.92 Å². The van der Waals surface area contributed by atoms with Gasteiger partial charge in [-0.15, -0.1) is 0 Å². The summed E-state index contributed by atoms with van der Waals surface area (Å²) < 4.78 is 11.3. The number of nitrogens with two attached hydrogens (primary N) is 1. The fraction of sp³-hybridized carbons (Fsp3) is 0.600. The van der Waals surface area contributed by atoms with E-state index in [1.165, 1.54) is 0 Å². The second kappa shape index (κ2) is 7.36. The Labute approximate surface area is 115 Å². The molecule has 0 aromatic heterocycles. The van der Waals surface area contributed by atoms with Gasteiger partial charge in [-0.05, 0) is 37.5 Å². The lowest BCUT2D eigenvalue weighted by atomic mass is 9.96. The van der Waals surface area contributed by atoms with Gasteiger partial charge in [-0.2, -0.15) is 0 Å². The number of hydrogen-bond donors (Lipinski definition) is 2. The summed E-state index contributed by atoms with van der Waals surface area (Å²) in [6, 6.07) is 5.48. The van der Waals surface area contributed by atoms with E-state index in [0.29, 0.717) is 24.7 Å². The molecule has 108 valence electrons. The van der Waals surface area contributed by atoms with Crippen LogP contribution in [-0.2, 0) is 5.60 Å². The number of ether oxygens (including phenoxy) is 2. The minimum absolute atomic E-state index is 0.162. The van der Waals surface area contributed by atoms with Crippen molar-refractivity contribution >= 4 is 0 Å². The van der Waals surface area contributed by atoms with E-state index in [4.69, 9.17) is 15.2 Å². The Balaban J connectivity index is 3.00. The number of aliphatic hydroxyl groups is 1. The van der Waals surface area contributed by atoms with Crippen molar-refractivity contribution in [1.82, 2.24) is 0 Å². The molecular formula is C15H25NO3. The van der Waals surface area contributed by atoms with E-state index >= 15 is 0 Å². The molecule has 0 saturated heterocycles. The van der Waals surface area contributed by atoms with E-state index < -0.39 is 5.60 Å². The van der Waals surface area contributed by atoms with Gasteiger partial charge in [-0.1, -0.05) is 19.9 Å². The standard InChI is InChI=1S/C15H25NO3/c1-4-8-18-13-7-6-12(15(3,17)11-16)10-14(13)19-9-5-2/h6-7,10,17H,4-5,8-9,11,16H2,1-3H3. The summed E-state index contributed by atoms with van der Waals surface area (Å²) >= 11 is 0. The van der Waals surface area contributed by atoms with Crippen LogP contribution in [0.1, 0.15) is 39.2 Å². The van der Waals surface area contributed by atoms with Crippen molar-refractivity contribution < 1.29 is 14.6 Å². The zero-order chi connectivity index (χ0) is 14.3. The van der Waals surface area contributed by atoms with Crippen molar-refractivity contribution in [3.63, 3.8) is 0 Å². The Hall–Kier alpha value is -1.26. The highest BCUT2D eigenvalue weighted by molar-refractivity contribution is 5.44. The second-order valence-corrected chi connectivity index (χ2v) is 4.84. The van der Waals surface area contributed by atoms with Crippen molar-refractivity contribution in [1.29, 1.82) is 0 Å². The summed E-state index contributed by atoms with van der Waals surface area (Å²) in [5, 5.41) is 10.2. The predicted molar refractivity (Wildman–Crippen MR) is 76.6 cm³/mol. The molecule has 4 nitrogen and oxygen atoms in total. The highest BCUT2D eigenvalue weighted by Gasteiger charge is 2.22. The van der Waals surface area contributed by atoms with Crippen LogP contribution in [0.25, 0.3) is 0 Å². The first-order chi connectivity index (χ1) is 9.05. The minimum Gasteiger partial charge on any atom is -0.490 e. The van der Waals surface area contributed by atoms with Crippen molar-refractivity contribution in [3.05, 3.63) is 23.8 Å². The van der Waals surface area contributed by atoms with Crippen molar-refractivity contribution in [2.75, 3.05) is 19.8 Å². The highest BCUT2D eigenvalue weighted by atomic mass is 16.5. The van der Waals surface area contributed by atoms with Crippen LogP contribution < -0.4 is 15.2 Å². The van der Waals surface area contributed by atoms with Crippen LogP contribution in [0.3, 0.4) is 0 Å². The first-order valence-electron chi connectivity index (χ1n) is 6.87. The molecule has 0 bridgehead atoms. The average molecular weight is 267 g/mol. The Morgan fingerprint density at radius 3 is 2.21 bits per heavy atom. The zero-order valence-electron chi connectivity index (χ0n) is 12.1. The number of rotatable bonds is 8. The van der Waals surface area contributed by atoms with Crippen LogP contribution >= 0.6 is 0 Å². The average Bonchev–Trinajstić information content (AvgIpc) is 2.43. The third kappa shape index (κ3) is 4.40. The van der Waals surface area contributed by atoms with E-state index in [1.807, 2.05) is 25.1 Å². The molecule has 0 fully saturated rings.